The maximum absolute atomic E-state index is 12.0. The molecule has 88 valence electrons. The largest absolute Gasteiger partial charge is 0.364 e. The van der Waals surface area contributed by atoms with Crippen molar-refractivity contribution in [1.29, 1.82) is 0 Å². The van der Waals surface area contributed by atoms with Crippen LogP contribution in [0, 0.1) is 6.92 Å². The molecule has 1 heterocycles. The molecule has 0 fully saturated rings. The molecular weight excluding hydrogens is 272 g/mol. The first-order valence-electron chi connectivity index (χ1n) is 4.99. The molecule has 0 saturated carbocycles. The number of nitrogens with zero attached hydrogens (tertiary/aromatic N) is 1. The lowest BCUT2D eigenvalue weighted by Gasteiger charge is -2.22. The van der Waals surface area contributed by atoms with Crippen molar-refractivity contribution in [1.82, 2.24) is 9.88 Å². The number of carbonyl (C=O) groups is 1. The molecule has 1 amide bonds. The number of aromatic nitrogens is 1. The Morgan fingerprint density at radius 2 is 2.25 bits per heavy atom. The highest BCUT2D eigenvalue weighted by Crippen LogP contribution is 2.04. The number of hydrogen-bond donors (Lipinski definition) is 1. The summed E-state index contributed by atoms with van der Waals surface area (Å²) in [6, 6.07) is 1.48. The molecule has 0 aliphatic carbocycles. The second kappa shape index (κ2) is 5.30. The number of halogens is 1. The highest BCUT2D eigenvalue weighted by atomic mass is 79.9. The molecule has 1 atom stereocenters. The molecule has 0 saturated heterocycles. The van der Waals surface area contributed by atoms with Crippen LogP contribution in [0.1, 0.15) is 23.0 Å². The van der Waals surface area contributed by atoms with E-state index in [4.69, 9.17) is 0 Å². The third kappa shape index (κ3) is 2.72. The maximum atomic E-state index is 12.0. The van der Waals surface area contributed by atoms with E-state index in [1.807, 2.05) is 6.92 Å². The second-order valence-electron chi connectivity index (χ2n) is 3.81. The minimum absolute atomic E-state index is 0.0493. The zero-order valence-corrected chi connectivity index (χ0v) is 11.2. The Bertz CT molecular complexity index is 442. The van der Waals surface area contributed by atoms with Crippen molar-refractivity contribution < 1.29 is 4.79 Å². The van der Waals surface area contributed by atoms with Gasteiger partial charge in [-0.1, -0.05) is 15.9 Å². The van der Waals surface area contributed by atoms with Crippen LogP contribution in [0.4, 0.5) is 0 Å². The fraction of sp³-hybridized carbons (Fsp3) is 0.455. The highest BCUT2D eigenvalue weighted by Gasteiger charge is 2.18. The summed E-state index contributed by atoms with van der Waals surface area (Å²) in [5.74, 6) is -0.256. The van der Waals surface area contributed by atoms with E-state index < -0.39 is 0 Å². The van der Waals surface area contributed by atoms with Gasteiger partial charge in [-0.05, 0) is 13.8 Å². The lowest BCUT2D eigenvalue weighted by molar-refractivity contribution is 0.0756. The zero-order valence-electron chi connectivity index (χ0n) is 9.58. The Hall–Kier alpha value is -1.10. The first-order chi connectivity index (χ1) is 7.47. The Morgan fingerprint density at radius 3 is 2.75 bits per heavy atom. The summed E-state index contributed by atoms with van der Waals surface area (Å²) in [5.41, 5.74) is 0.688. The van der Waals surface area contributed by atoms with Crippen molar-refractivity contribution in [2.24, 2.45) is 0 Å². The van der Waals surface area contributed by atoms with E-state index >= 15 is 0 Å². The Balaban J connectivity index is 3.01. The van der Waals surface area contributed by atoms with Gasteiger partial charge in [0.25, 0.3) is 5.91 Å². The predicted molar refractivity (Wildman–Crippen MR) is 67.1 cm³/mol. The molecular formula is C11H15BrN2O2. The van der Waals surface area contributed by atoms with Crippen molar-refractivity contribution in [2.75, 3.05) is 12.4 Å². The molecule has 1 unspecified atom stereocenters. The van der Waals surface area contributed by atoms with Crippen LogP contribution in [0.3, 0.4) is 0 Å². The monoisotopic (exact) mass is 286 g/mol. The van der Waals surface area contributed by atoms with Crippen LogP contribution in [-0.2, 0) is 0 Å². The van der Waals surface area contributed by atoms with E-state index in [0.717, 1.165) is 5.69 Å². The molecule has 0 radical (unpaired) electrons. The van der Waals surface area contributed by atoms with Crippen LogP contribution >= 0.6 is 15.9 Å². The smallest absolute Gasteiger partial charge is 0.259 e. The van der Waals surface area contributed by atoms with E-state index in [1.165, 1.54) is 12.3 Å². The lowest BCUT2D eigenvalue weighted by Crippen LogP contribution is -2.38. The highest BCUT2D eigenvalue weighted by molar-refractivity contribution is 9.09. The third-order valence-electron chi connectivity index (χ3n) is 2.49. The van der Waals surface area contributed by atoms with E-state index in [1.54, 1.807) is 18.9 Å². The first-order valence-corrected chi connectivity index (χ1v) is 6.12. The fourth-order valence-electron chi connectivity index (χ4n) is 1.23. The molecule has 0 aromatic carbocycles. The third-order valence-corrected chi connectivity index (χ3v) is 3.43. The minimum Gasteiger partial charge on any atom is -0.364 e. The SMILES string of the molecule is Cc1cc(=O)c(C(=O)N(C)C(C)CBr)c[nH]1. The number of nitrogens with one attached hydrogen (secondary N) is 1. The van der Waals surface area contributed by atoms with Gasteiger partial charge < -0.3 is 9.88 Å². The normalized spacial score (nSPS) is 12.2. The number of hydrogen-bond acceptors (Lipinski definition) is 2. The fourth-order valence-corrected chi connectivity index (χ4v) is 1.67. The van der Waals surface area contributed by atoms with E-state index in [0.29, 0.717) is 5.33 Å². The number of amides is 1. The molecule has 1 rings (SSSR count). The van der Waals surface area contributed by atoms with Gasteiger partial charge in [0.15, 0.2) is 5.43 Å². The van der Waals surface area contributed by atoms with Gasteiger partial charge in [0.2, 0.25) is 0 Å². The molecule has 1 aromatic heterocycles. The van der Waals surface area contributed by atoms with Crippen molar-refractivity contribution in [3.63, 3.8) is 0 Å². The number of carbonyl (C=O) groups excluding carboxylic acids is 1. The Kier molecular flexibility index (Phi) is 4.29. The summed E-state index contributed by atoms with van der Waals surface area (Å²) in [7, 11) is 1.69. The van der Waals surface area contributed by atoms with Crippen LogP contribution in [0.5, 0.6) is 0 Å². The van der Waals surface area contributed by atoms with Gasteiger partial charge in [-0.15, -0.1) is 0 Å². The lowest BCUT2D eigenvalue weighted by atomic mass is 10.2. The first kappa shape index (κ1) is 13.0. The van der Waals surface area contributed by atoms with Gasteiger partial charge in [0, 0.05) is 36.4 Å². The molecule has 1 aromatic rings. The summed E-state index contributed by atoms with van der Waals surface area (Å²) < 4.78 is 0. The van der Waals surface area contributed by atoms with Crippen LogP contribution in [0.2, 0.25) is 0 Å². The number of alkyl halides is 1. The standard InChI is InChI=1S/C11H15BrN2O2/c1-7-4-10(15)9(6-13-7)11(16)14(3)8(2)5-12/h4,6,8H,5H2,1-3H3,(H,13,15). The summed E-state index contributed by atoms with van der Waals surface area (Å²) in [4.78, 5) is 28.0. The van der Waals surface area contributed by atoms with Crippen LogP contribution in [0.25, 0.3) is 0 Å². The second-order valence-corrected chi connectivity index (χ2v) is 4.46. The zero-order chi connectivity index (χ0) is 12.3. The maximum Gasteiger partial charge on any atom is 0.259 e. The number of pyridine rings is 1. The molecule has 0 aliphatic rings. The molecule has 0 bridgehead atoms. The van der Waals surface area contributed by atoms with Gasteiger partial charge in [-0.25, -0.2) is 0 Å². The number of rotatable bonds is 3. The minimum atomic E-state index is -0.256. The molecule has 1 N–H and O–H groups in total. The van der Waals surface area contributed by atoms with Gasteiger partial charge in [0.05, 0.1) is 0 Å². The summed E-state index contributed by atoms with van der Waals surface area (Å²) in [6.45, 7) is 3.69. The van der Waals surface area contributed by atoms with Crippen LogP contribution in [0.15, 0.2) is 17.1 Å². The summed E-state index contributed by atoms with van der Waals surface area (Å²) >= 11 is 3.31. The van der Waals surface area contributed by atoms with Crippen LogP contribution < -0.4 is 5.43 Å². The number of H-pyrrole nitrogens is 1. The summed E-state index contributed by atoms with van der Waals surface area (Å²) in [6.07, 6.45) is 1.47. The molecule has 0 aliphatic heterocycles. The quantitative estimate of drug-likeness (QED) is 0.857. The molecule has 5 heteroatoms. The van der Waals surface area contributed by atoms with Gasteiger partial charge in [0.1, 0.15) is 5.56 Å². The van der Waals surface area contributed by atoms with Gasteiger partial charge >= 0.3 is 0 Å². The molecule has 16 heavy (non-hydrogen) atoms. The number of aryl methyl sites for hydroxylation is 1. The van der Waals surface area contributed by atoms with Crippen molar-refractivity contribution in [2.45, 2.75) is 19.9 Å². The van der Waals surface area contributed by atoms with Crippen molar-refractivity contribution >= 4 is 21.8 Å². The number of aromatic amines is 1. The van der Waals surface area contributed by atoms with Crippen molar-refractivity contribution in [3.8, 4) is 0 Å². The van der Waals surface area contributed by atoms with Gasteiger partial charge in [-0.3, -0.25) is 9.59 Å². The predicted octanol–water partition coefficient (Wildman–Crippen LogP) is 1.54. The Labute approximate surface area is 103 Å². The van der Waals surface area contributed by atoms with E-state index in [9.17, 15) is 9.59 Å². The van der Waals surface area contributed by atoms with E-state index in [-0.39, 0.29) is 22.9 Å². The van der Waals surface area contributed by atoms with Crippen LogP contribution in [-0.4, -0.2) is 34.2 Å². The average molecular weight is 287 g/mol. The average Bonchev–Trinajstić information content (AvgIpc) is 2.26. The molecule has 0 spiro atoms. The van der Waals surface area contributed by atoms with Crippen molar-refractivity contribution in [3.05, 3.63) is 33.7 Å². The van der Waals surface area contributed by atoms with E-state index in [2.05, 4.69) is 20.9 Å². The topological polar surface area (TPSA) is 53.2 Å². The Morgan fingerprint density at radius 1 is 1.62 bits per heavy atom. The summed E-state index contributed by atoms with van der Waals surface area (Å²) in [5, 5.41) is 0.680. The molecule has 4 nitrogen and oxygen atoms in total. The van der Waals surface area contributed by atoms with Gasteiger partial charge in [-0.2, -0.15) is 0 Å².